The Morgan fingerprint density at radius 3 is 1.09 bits per heavy atom. The minimum absolute atomic E-state index is 0.0472. The zero-order chi connectivity index (χ0) is 44.7. The molecule has 8 rings (SSSR count). The van der Waals surface area contributed by atoms with Gasteiger partial charge in [0, 0.05) is 77.5 Å². The predicted octanol–water partition coefficient (Wildman–Crippen LogP) is 5.41. The summed E-state index contributed by atoms with van der Waals surface area (Å²) in [7, 11) is 0. The number of rotatable bonds is 14. The van der Waals surface area contributed by atoms with Crippen molar-refractivity contribution in [3.05, 3.63) is 144 Å². The van der Waals surface area contributed by atoms with Crippen molar-refractivity contribution in [2.24, 2.45) is 23.3 Å². The van der Waals surface area contributed by atoms with E-state index >= 15 is 0 Å². The molecule has 4 aromatic carbocycles. The molecule has 12 heteroatoms. The molecule has 6 atom stereocenters. The fraction of sp³-hybridized carbons (Fsp3) is 0.462. The van der Waals surface area contributed by atoms with Gasteiger partial charge in [0.05, 0.1) is 11.8 Å². The third-order valence-corrected chi connectivity index (χ3v) is 13.8. The molecule has 6 N–H and O–H groups in total. The molecule has 4 fully saturated rings. The second-order valence-electron chi connectivity index (χ2n) is 18.0. The molecule has 0 aromatic heterocycles. The minimum Gasteiger partial charge on any atom is -0.368 e. The number of amides is 4. The van der Waals surface area contributed by atoms with Crippen LogP contribution in [0.5, 0.6) is 0 Å². The van der Waals surface area contributed by atoms with Crippen molar-refractivity contribution in [2.75, 3.05) is 52.4 Å². The van der Waals surface area contributed by atoms with Gasteiger partial charge in [0.25, 0.3) is 0 Å². The molecular weight excluding hydrogens is 801 g/mol. The Morgan fingerprint density at radius 1 is 0.453 bits per heavy atom. The summed E-state index contributed by atoms with van der Waals surface area (Å²) in [5, 5.41) is 5.92. The SMILES string of the molecule is NC(=O)[C@@H](NC(=O)[C@@H]1CCCC[C@H]1N1CCN(Cc2ccccc2)CC1)c1ccccc1.NC(=O)[C@@H](NC(=O)[C@H]1CCCC[C@@H]1N1CCN(Cc2ccccc2)CC1)c1ccccc1. The summed E-state index contributed by atoms with van der Waals surface area (Å²) in [6.07, 6.45) is 8.19. The highest BCUT2D eigenvalue weighted by Gasteiger charge is 2.39. The molecule has 2 aliphatic carbocycles. The number of carbonyl (C=O) groups is 4. The molecule has 12 nitrogen and oxygen atoms in total. The van der Waals surface area contributed by atoms with Gasteiger partial charge in [0.15, 0.2) is 0 Å². The summed E-state index contributed by atoms with van der Waals surface area (Å²) in [5.41, 5.74) is 15.4. The molecule has 64 heavy (non-hydrogen) atoms. The Hall–Kier alpha value is -5.40. The molecule has 2 heterocycles. The molecule has 0 spiro atoms. The number of piperazine rings is 2. The van der Waals surface area contributed by atoms with E-state index < -0.39 is 23.9 Å². The zero-order valence-corrected chi connectivity index (χ0v) is 37.3. The van der Waals surface area contributed by atoms with E-state index in [9.17, 15) is 19.2 Å². The molecule has 2 aliphatic heterocycles. The molecule has 0 bridgehead atoms. The largest absolute Gasteiger partial charge is 0.368 e. The lowest BCUT2D eigenvalue weighted by Gasteiger charge is -2.44. The summed E-state index contributed by atoms with van der Waals surface area (Å²) in [6, 6.07) is 38.6. The number of primary amides is 2. The van der Waals surface area contributed by atoms with Crippen LogP contribution in [0.2, 0.25) is 0 Å². The summed E-state index contributed by atoms with van der Waals surface area (Å²) < 4.78 is 0. The maximum absolute atomic E-state index is 13.3. The summed E-state index contributed by atoms with van der Waals surface area (Å²) in [5.74, 6) is -1.34. The molecule has 340 valence electrons. The van der Waals surface area contributed by atoms with Crippen LogP contribution < -0.4 is 22.1 Å². The van der Waals surface area contributed by atoms with Crippen LogP contribution in [0.25, 0.3) is 0 Å². The van der Waals surface area contributed by atoms with E-state index in [0.717, 1.165) is 128 Å². The lowest BCUT2D eigenvalue weighted by molar-refractivity contribution is -0.133. The van der Waals surface area contributed by atoms with Gasteiger partial charge < -0.3 is 22.1 Å². The number of hydrogen-bond acceptors (Lipinski definition) is 8. The van der Waals surface area contributed by atoms with Gasteiger partial charge in [-0.2, -0.15) is 0 Å². The van der Waals surface area contributed by atoms with Crippen LogP contribution in [0, 0.1) is 11.8 Å². The average Bonchev–Trinajstić information content (AvgIpc) is 3.34. The molecule has 2 saturated heterocycles. The van der Waals surface area contributed by atoms with Gasteiger partial charge in [-0.05, 0) is 47.9 Å². The van der Waals surface area contributed by atoms with Crippen LogP contribution in [-0.2, 0) is 32.3 Å². The van der Waals surface area contributed by atoms with Crippen LogP contribution in [-0.4, -0.2) is 108 Å². The minimum atomic E-state index is -0.783. The normalized spacial score (nSPS) is 23.4. The predicted molar refractivity (Wildman–Crippen MR) is 251 cm³/mol. The molecule has 4 aromatic rings. The highest BCUT2D eigenvalue weighted by molar-refractivity contribution is 5.89. The smallest absolute Gasteiger partial charge is 0.244 e. The van der Waals surface area contributed by atoms with E-state index in [1.807, 2.05) is 60.7 Å². The molecule has 4 amide bonds. The Kier molecular flexibility index (Phi) is 17.1. The molecular formula is C52H68N8O4. The van der Waals surface area contributed by atoms with Crippen LogP contribution in [0.15, 0.2) is 121 Å². The van der Waals surface area contributed by atoms with Crippen LogP contribution in [0.4, 0.5) is 0 Å². The number of nitrogens with zero attached hydrogens (tertiary/aromatic N) is 4. The first-order chi connectivity index (χ1) is 31.2. The molecule has 0 unspecified atom stereocenters. The topological polar surface area (TPSA) is 157 Å². The molecule has 2 saturated carbocycles. The van der Waals surface area contributed by atoms with E-state index in [2.05, 4.69) is 90.9 Å². The van der Waals surface area contributed by atoms with Gasteiger partial charge in [0.2, 0.25) is 23.6 Å². The van der Waals surface area contributed by atoms with E-state index in [0.29, 0.717) is 0 Å². The van der Waals surface area contributed by atoms with Crippen molar-refractivity contribution >= 4 is 23.6 Å². The van der Waals surface area contributed by atoms with Gasteiger partial charge in [-0.25, -0.2) is 0 Å². The first-order valence-electron chi connectivity index (χ1n) is 23.5. The van der Waals surface area contributed by atoms with Gasteiger partial charge in [-0.15, -0.1) is 0 Å². The Balaban J connectivity index is 0.000000191. The highest BCUT2D eigenvalue weighted by Crippen LogP contribution is 2.32. The van der Waals surface area contributed by atoms with E-state index in [4.69, 9.17) is 11.5 Å². The number of nitrogens with two attached hydrogens (primary N) is 2. The molecule has 4 aliphatic rings. The Morgan fingerprint density at radius 2 is 0.766 bits per heavy atom. The summed E-state index contributed by atoms with van der Waals surface area (Å²) in [4.78, 5) is 60.7. The van der Waals surface area contributed by atoms with Crippen molar-refractivity contribution in [1.29, 1.82) is 0 Å². The maximum atomic E-state index is 13.3. The second kappa shape index (κ2) is 23.5. The number of benzene rings is 4. The Bertz CT molecular complexity index is 1910. The van der Waals surface area contributed by atoms with Crippen LogP contribution >= 0.6 is 0 Å². The first-order valence-corrected chi connectivity index (χ1v) is 23.5. The van der Waals surface area contributed by atoms with Gasteiger partial charge in [-0.3, -0.25) is 38.8 Å². The van der Waals surface area contributed by atoms with E-state index in [1.54, 1.807) is 0 Å². The fourth-order valence-corrected chi connectivity index (χ4v) is 10.3. The molecule has 0 radical (unpaired) electrons. The summed E-state index contributed by atoms with van der Waals surface area (Å²) >= 11 is 0. The highest BCUT2D eigenvalue weighted by atomic mass is 16.2. The zero-order valence-electron chi connectivity index (χ0n) is 37.3. The van der Waals surface area contributed by atoms with Crippen LogP contribution in [0.1, 0.15) is 85.7 Å². The number of carbonyl (C=O) groups excluding carboxylic acids is 4. The average molecular weight is 869 g/mol. The van der Waals surface area contributed by atoms with Crippen molar-refractivity contribution in [3.63, 3.8) is 0 Å². The Labute approximate surface area is 379 Å². The summed E-state index contributed by atoms with van der Waals surface area (Å²) in [6.45, 7) is 9.86. The quantitative estimate of drug-likeness (QED) is 0.131. The number of hydrogen-bond donors (Lipinski definition) is 4. The third kappa shape index (κ3) is 12.9. The van der Waals surface area contributed by atoms with Crippen LogP contribution in [0.3, 0.4) is 0 Å². The second-order valence-corrected chi connectivity index (χ2v) is 18.0. The standard InChI is InChI=1S/2C26H34N4O2/c2*27-25(31)24(21-11-5-2-6-12-21)28-26(32)22-13-7-8-14-23(22)30-17-15-29(16-18-30)19-20-9-3-1-4-10-20/h2*1-6,9-12,22-24H,7-8,13-19H2,(H2,27,31)(H,28,32)/t22-,23-,24+;22-,23-,24-/m10/s1. The first kappa shape index (κ1) is 46.6. The third-order valence-electron chi connectivity index (χ3n) is 13.8. The fourth-order valence-electron chi connectivity index (χ4n) is 10.3. The number of nitrogens with one attached hydrogen (secondary N) is 2. The van der Waals surface area contributed by atoms with Crippen molar-refractivity contribution in [3.8, 4) is 0 Å². The maximum Gasteiger partial charge on any atom is 0.244 e. The van der Waals surface area contributed by atoms with Crippen molar-refractivity contribution in [1.82, 2.24) is 30.2 Å². The van der Waals surface area contributed by atoms with Gasteiger partial charge in [-0.1, -0.05) is 147 Å². The van der Waals surface area contributed by atoms with Crippen molar-refractivity contribution < 1.29 is 19.2 Å². The van der Waals surface area contributed by atoms with E-state index in [-0.39, 0.29) is 35.7 Å². The monoisotopic (exact) mass is 869 g/mol. The van der Waals surface area contributed by atoms with E-state index in [1.165, 1.54) is 11.1 Å². The lowest BCUT2D eigenvalue weighted by Crippen LogP contribution is -2.55. The van der Waals surface area contributed by atoms with Gasteiger partial charge >= 0.3 is 0 Å². The van der Waals surface area contributed by atoms with Crippen molar-refractivity contribution in [2.45, 2.75) is 88.6 Å². The van der Waals surface area contributed by atoms with Gasteiger partial charge in [0.1, 0.15) is 12.1 Å². The lowest BCUT2D eigenvalue weighted by atomic mass is 9.82.